The number of amides is 1. The molecule has 0 aliphatic carbocycles. The van der Waals surface area contributed by atoms with Crippen LogP contribution >= 0.6 is 0 Å². The van der Waals surface area contributed by atoms with E-state index in [-0.39, 0.29) is 17.9 Å². The SMILES string of the molecule is O=C1N[C@H](Cc2ccc(-c3ccccc3)cc2)CC1C1CCOCC1. The van der Waals surface area contributed by atoms with Crippen molar-refractivity contribution in [2.75, 3.05) is 13.2 Å². The first-order valence-corrected chi connectivity index (χ1v) is 9.32. The van der Waals surface area contributed by atoms with Gasteiger partial charge in [-0.3, -0.25) is 4.79 Å². The summed E-state index contributed by atoms with van der Waals surface area (Å²) in [6.07, 6.45) is 3.93. The van der Waals surface area contributed by atoms with E-state index >= 15 is 0 Å². The van der Waals surface area contributed by atoms with Crippen LogP contribution in [0.2, 0.25) is 0 Å². The van der Waals surface area contributed by atoms with Crippen molar-refractivity contribution in [3.8, 4) is 11.1 Å². The van der Waals surface area contributed by atoms with E-state index in [1.807, 2.05) is 6.07 Å². The summed E-state index contributed by atoms with van der Waals surface area (Å²) in [4.78, 5) is 12.4. The van der Waals surface area contributed by atoms with Crippen molar-refractivity contribution < 1.29 is 9.53 Å². The lowest BCUT2D eigenvalue weighted by Gasteiger charge is -2.25. The van der Waals surface area contributed by atoms with Crippen molar-refractivity contribution in [2.24, 2.45) is 11.8 Å². The number of carbonyl (C=O) groups excluding carboxylic acids is 1. The van der Waals surface area contributed by atoms with Crippen LogP contribution in [0.4, 0.5) is 0 Å². The molecular weight excluding hydrogens is 310 g/mol. The normalized spacial score (nSPS) is 24.2. The number of carbonyl (C=O) groups is 1. The van der Waals surface area contributed by atoms with E-state index in [0.717, 1.165) is 38.9 Å². The zero-order valence-corrected chi connectivity index (χ0v) is 14.5. The van der Waals surface area contributed by atoms with Crippen LogP contribution in [0, 0.1) is 11.8 Å². The molecule has 2 heterocycles. The maximum atomic E-state index is 12.4. The summed E-state index contributed by atoms with van der Waals surface area (Å²) in [5.41, 5.74) is 3.76. The van der Waals surface area contributed by atoms with Crippen LogP contribution in [0.5, 0.6) is 0 Å². The molecule has 130 valence electrons. The summed E-state index contributed by atoms with van der Waals surface area (Å²) in [5.74, 6) is 0.925. The van der Waals surface area contributed by atoms with Crippen molar-refractivity contribution in [1.82, 2.24) is 5.32 Å². The second-order valence-electron chi connectivity index (χ2n) is 7.26. The van der Waals surface area contributed by atoms with E-state index in [2.05, 4.69) is 53.8 Å². The molecule has 25 heavy (non-hydrogen) atoms. The Labute approximate surface area is 149 Å². The van der Waals surface area contributed by atoms with Crippen LogP contribution in [0.15, 0.2) is 54.6 Å². The van der Waals surface area contributed by atoms with Crippen LogP contribution in [-0.4, -0.2) is 25.2 Å². The Morgan fingerprint density at radius 2 is 1.60 bits per heavy atom. The summed E-state index contributed by atoms with van der Waals surface area (Å²) in [5, 5.41) is 3.22. The van der Waals surface area contributed by atoms with E-state index in [0.29, 0.717) is 5.92 Å². The molecule has 2 fully saturated rings. The summed E-state index contributed by atoms with van der Waals surface area (Å²) >= 11 is 0. The zero-order chi connectivity index (χ0) is 17.1. The quantitative estimate of drug-likeness (QED) is 0.922. The van der Waals surface area contributed by atoms with Gasteiger partial charge in [0.05, 0.1) is 0 Å². The topological polar surface area (TPSA) is 38.3 Å². The highest BCUT2D eigenvalue weighted by Gasteiger charge is 2.37. The molecular formula is C22H25NO2. The van der Waals surface area contributed by atoms with Gasteiger partial charge in [-0.15, -0.1) is 0 Å². The first kappa shape index (κ1) is 16.3. The van der Waals surface area contributed by atoms with Gasteiger partial charge in [0.2, 0.25) is 5.91 Å². The van der Waals surface area contributed by atoms with Crippen LogP contribution in [0.3, 0.4) is 0 Å². The highest BCUT2D eigenvalue weighted by atomic mass is 16.5. The Hall–Kier alpha value is -2.13. The van der Waals surface area contributed by atoms with Gasteiger partial charge in [-0.25, -0.2) is 0 Å². The van der Waals surface area contributed by atoms with Crippen molar-refractivity contribution in [1.29, 1.82) is 0 Å². The highest BCUT2D eigenvalue weighted by Crippen LogP contribution is 2.32. The second kappa shape index (κ2) is 7.40. The first-order chi connectivity index (χ1) is 12.3. The molecule has 2 aromatic rings. The number of hydrogen-bond acceptors (Lipinski definition) is 2. The molecule has 2 aliphatic heterocycles. The molecule has 0 radical (unpaired) electrons. The molecule has 3 nitrogen and oxygen atoms in total. The van der Waals surface area contributed by atoms with Gasteiger partial charge < -0.3 is 10.1 Å². The third-order valence-electron chi connectivity index (χ3n) is 5.60. The van der Waals surface area contributed by atoms with Crippen molar-refractivity contribution in [2.45, 2.75) is 31.7 Å². The van der Waals surface area contributed by atoms with Gasteiger partial charge in [0.1, 0.15) is 0 Å². The lowest BCUT2D eigenvalue weighted by atomic mass is 9.83. The fourth-order valence-corrected chi connectivity index (χ4v) is 4.19. The van der Waals surface area contributed by atoms with Crippen LogP contribution in [0.25, 0.3) is 11.1 Å². The molecule has 1 amide bonds. The Kier molecular flexibility index (Phi) is 4.84. The van der Waals surface area contributed by atoms with Gasteiger partial charge in [0.25, 0.3) is 0 Å². The number of benzene rings is 2. The molecule has 0 spiro atoms. The molecule has 0 aromatic heterocycles. The maximum Gasteiger partial charge on any atom is 0.223 e. The van der Waals surface area contributed by atoms with E-state index < -0.39 is 0 Å². The fraction of sp³-hybridized carbons (Fsp3) is 0.409. The average Bonchev–Trinajstić information content (AvgIpc) is 3.04. The summed E-state index contributed by atoms with van der Waals surface area (Å²) in [6, 6.07) is 19.4. The van der Waals surface area contributed by atoms with Crippen molar-refractivity contribution in [3.05, 3.63) is 60.2 Å². The predicted octanol–water partition coefficient (Wildman–Crippen LogP) is 3.83. The van der Waals surface area contributed by atoms with Crippen LogP contribution < -0.4 is 5.32 Å². The molecule has 2 atom stereocenters. The third kappa shape index (κ3) is 3.77. The maximum absolute atomic E-state index is 12.4. The molecule has 1 unspecified atom stereocenters. The number of nitrogens with one attached hydrogen (secondary N) is 1. The molecule has 0 saturated carbocycles. The van der Waals surface area contributed by atoms with Gasteiger partial charge in [-0.2, -0.15) is 0 Å². The molecule has 2 aromatic carbocycles. The fourth-order valence-electron chi connectivity index (χ4n) is 4.19. The Morgan fingerprint density at radius 1 is 0.920 bits per heavy atom. The standard InChI is InChI=1S/C22H25NO2/c24-22-21(19-10-12-25-13-11-19)15-20(23-22)14-16-6-8-18(9-7-16)17-4-2-1-3-5-17/h1-9,19-21H,10-15H2,(H,23,24)/t20-,21?/m1/s1. The molecule has 1 N–H and O–H groups in total. The minimum Gasteiger partial charge on any atom is -0.381 e. The largest absolute Gasteiger partial charge is 0.381 e. The number of ether oxygens (including phenoxy) is 1. The summed E-state index contributed by atoms with van der Waals surface area (Å²) < 4.78 is 5.43. The number of rotatable bonds is 4. The highest BCUT2D eigenvalue weighted by molar-refractivity contribution is 5.81. The van der Waals surface area contributed by atoms with Crippen molar-refractivity contribution >= 4 is 5.91 Å². The molecule has 2 saturated heterocycles. The van der Waals surface area contributed by atoms with E-state index in [1.54, 1.807) is 0 Å². The monoisotopic (exact) mass is 335 g/mol. The minimum atomic E-state index is 0.178. The van der Waals surface area contributed by atoms with Gasteiger partial charge in [0.15, 0.2) is 0 Å². The van der Waals surface area contributed by atoms with E-state index in [4.69, 9.17) is 4.74 Å². The summed E-state index contributed by atoms with van der Waals surface area (Å²) in [6.45, 7) is 1.61. The van der Waals surface area contributed by atoms with Crippen molar-refractivity contribution in [3.63, 3.8) is 0 Å². The smallest absolute Gasteiger partial charge is 0.223 e. The lowest BCUT2D eigenvalue weighted by Crippen LogP contribution is -2.31. The van der Waals surface area contributed by atoms with Gasteiger partial charge in [-0.1, -0.05) is 54.6 Å². The Morgan fingerprint density at radius 3 is 2.32 bits per heavy atom. The second-order valence-corrected chi connectivity index (χ2v) is 7.26. The van der Waals surface area contributed by atoms with Crippen LogP contribution in [-0.2, 0) is 16.0 Å². The average molecular weight is 335 g/mol. The Bertz CT molecular complexity index is 705. The molecule has 0 bridgehead atoms. The van der Waals surface area contributed by atoms with E-state index in [9.17, 15) is 4.79 Å². The summed E-state index contributed by atoms with van der Waals surface area (Å²) in [7, 11) is 0. The van der Waals surface area contributed by atoms with Gasteiger partial charge >= 0.3 is 0 Å². The first-order valence-electron chi connectivity index (χ1n) is 9.32. The molecule has 3 heteroatoms. The van der Waals surface area contributed by atoms with Gasteiger partial charge in [-0.05, 0) is 48.3 Å². The lowest BCUT2D eigenvalue weighted by molar-refractivity contribution is -0.125. The minimum absolute atomic E-state index is 0.178. The predicted molar refractivity (Wildman–Crippen MR) is 99.2 cm³/mol. The molecule has 2 aliphatic rings. The van der Waals surface area contributed by atoms with Crippen LogP contribution in [0.1, 0.15) is 24.8 Å². The van der Waals surface area contributed by atoms with E-state index in [1.165, 1.54) is 16.7 Å². The molecule has 4 rings (SSSR count). The number of hydrogen-bond donors (Lipinski definition) is 1. The Balaban J connectivity index is 1.38. The van der Waals surface area contributed by atoms with Gasteiger partial charge in [0, 0.05) is 25.2 Å². The third-order valence-corrected chi connectivity index (χ3v) is 5.60. The zero-order valence-electron chi connectivity index (χ0n) is 14.5.